The summed E-state index contributed by atoms with van der Waals surface area (Å²) in [5.41, 5.74) is 0. The Bertz CT molecular complexity index is 347. The molecule has 0 rings (SSSR count). The highest BCUT2D eigenvalue weighted by Gasteiger charge is 2.17. The van der Waals surface area contributed by atoms with Crippen LogP contribution >= 0.6 is 0 Å². The maximum absolute atomic E-state index is 10.5. The summed E-state index contributed by atoms with van der Waals surface area (Å²) in [5, 5.41) is 10.5. The number of rotatable bonds is 23. The number of hydrogen-bond acceptors (Lipinski definition) is 3. The number of aldehydes is 1. The van der Waals surface area contributed by atoms with Crippen LogP contribution in [-0.4, -0.2) is 17.3 Å². The molecule has 0 aliphatic carbocycles. The Morgan fingerprint density at radius 1 is 0.607 bits per heavy atom. The Morgan fingerprint density at radius 2 is 0.893 bits per heavy atom. The summed E-state index contributed by atoms with van der Waals surface area (Å²) in [6.07, 6.45) is 27.4. The first-order valence-corrected chi connectivity index (χ1v) is 12.3. The highest BCUT2D eigenvalue weighted by atomic mass is 16.6. The predicted molar refractivity (Wildman–Crippen MR) is 119 cm³/mol. The molecule has 28 heavy (non-hydrogen) atoms. The van der Waals surface area contributed by atoms with E-state index in [0.29, 0.717) is 12.7 Å². The fourth-order valence-corrected chi connectivity index (χ4v) is 3.83. The van der Waals surface area contributed by atoms with Crippen molar-refractivity contribution >= 4 is 6.29 Å². The average Bonchev–Trinajstić information content (AvgIpc) is 2.69. The van der Waals surface area contributed by atoms with Gasteiger partial charge >= 0.3 is 0 Å². The van der Waals surface area contributed by atoms with Crippen molar-refractivity contribution in [1.29, 1.82) is 0 Å². The lowest BCUT2D eigenvalue weighted by Crippen LogP contribution is -2.20. The first-order chi connectivity index (χ1) is 13.7. The van der Waals surface area contributed by atoms with E-state index in [1.54, 1.807) is 0 Å². The number of hydrogen-bond donors (Lipinski definition) is 0. The van der Waals surface area contributed by atoms with Crippen molar-refractivity contribution < 1.29 is 9.72 Å². The third-order valence-corrected chi connectivity index (χ3v) is 5.78. The van der Waals surface area contributed by atoms with Crippen LogP contribution in [0.4, 0.5) is 0 Å². The summed E-state index contributed by atoms with van der Waals surface area (Å²) in [5.74, 6) is 0. The van der Waals surface area contributed by atoms with Gasteiger partial charge in [-0.05, 0) is 6.42 Å². The van der Waals surface area contributed by atoms with Crippen LogP contribution in [0.5, 0.6) is 0 Å². The van der Waals surface area contributed by atoms with Crippen molar-refractivity contribution in [1.82, 2.24) is 0 Å². The fourth-order valence-electron chi connectivity index (χ4n) is 3.83. The summed E-state index contributed by atoms with van der Waals surface area (Å²) in [7, 11) is 0. The number of carbonyl (C=O) groups excluding carboxylic acids is 1. The molecule has 0 fully saturated rings. The van der Waals surface area contributed by atoms with Gasteiger partial charge in [0.2, 0.25) is 0 Å². The van der Waals surface area contributed by atoms with Crippen molar-refractivity contribution in [3.05, 3.63) is 10.1 Å². The third kappa shape index (κ3) is 19.8. The molecule has 4 heteroatoms. The van der Waals surface area contributed by atoms with E-state index in [-0.39, 0.29) is 0 Å². The maximum Gasteiger partial charge on any atom is 0.267 e. The van der Waals surface area contributed by atoms with Crippen molar-refractivity contribution in [2.75, 3.05) is 0 Å². The van der Waals surface area contributed by atoms with Crippen molar-refractivity contribution in [2.45, 2.75) is 148 Å². The quantitative estimate of drug-likeness (QED) is 0.0758. The largest absolute Gasteiger partial charge is 0.296 e. The van der Waals surface area contributed by atoms with E-state index in [0.717, 1.165) is 19.3 Å². The number of nitrogens with zero attached hydrogens (tertiary/aromatic N) is 1. The molecule has 0 bridgehead atoms. The van der Waals surface area contributed by atoms with E-state index in [2.05, 4.69) is 6.92 Å². The lowest BCUT2D eigenvalue weighted by molar-refractivity contribution is -0.506. The normalized spacial score (nSPS) is 12.2. The molecule has 0 radical (unpaired) electrons. The Morgan fingerprint density at radius 3 is 1.14 bits per heavy atom. The summed E-state index contributed by atoms with van der Waals surface area (Å²) in [6.45, 7) is 2.28. The molecule has 166 valence electrons. The van der Waals surface area contributed by atoms with E-state index in [1.807, 2.05) is 0 Å². The first-order valence-electron chi connectivity index (χ1n) is 12.3. The van der Waals surface area contributed by atoms with Gasteiger partial charge in [0.1, 0.15) is 0 Å². The Balaban J connectivity index is 3.10. The van der Waals surface area contributed by atoms with E-state index < -0.39 is 11.0 Å². The molecule has 0 aromatic heterocycles. The van der Waals surface area contributed by atoms with E-state index in [4.69, 9.17) is 0 Å². The smallest absolute Gasteiger partial charge is 0.267 e. The van der Waals surface area contributed by atoms with Gasteiger partial charge < -0.3 is 0 Å². The van der Waals surface area contributed by atoms with E-state index in [9.17, 15) is 14.9 Å². The monoisotopic (exact) mass is 397 g/mol. The zero-order valence-electron chi connectivity index (χ0n) is 18.7. The van der Waals surface area contributed by atoms with Crippen LogP contribution in [0.3, 0.4) is 0 Å². The van der Waals surface area contributed by atoms with Crippen molar-refractivity contribution in [3.63, 3.8) is 0 Å². The van der Waals surface area contributed by atoms with Crippen LogP contribution in [0.2, 0.25) is 0 Å². The molecule has 0 saturated carbocycles. The van der Waals surface area contributed by atoms with Gasteiger partial charge in [-0.1, -0.05) is 129 Å². The van der Waals surface area contributed by atoms with Crippen LogP contribution < -0.4 is 0 Å². The second-order valence-electron chi connectivity index (χ2n) is 8.49. The lowest BCUT2D eigenvalue weighted by Gasteiger charge is -2.04. The van der Waals surface area contributed by atoms with Gasteiger partial charge in [0, 0.05) is 11.3 Å². The number of carbonyl (C=O) groups is 1. The topological polar surface area (TPSA) is 60.2 Å². The van der Waals surface area contributed by atoms with Gasteiger partial charge in [0.25, 0.3) is 6.04 Å². The van der Waals surface area contributed by atoms with Crippen molar-refractivity contribution in [2.24, 2.45) is 0 Å². The summed E-state index contributed by atoms with van der Waals surface area (Å²) >= 11 is 0. The molecule has 1 atom stereocenters. The average molecular weight is 398 g/mol. The summed E-state index contributed by atoms with van der Waals surface area (Å²) < 4.78 is 0. The molecule has 0 heterocycles. The van der Waals surface area contributed by atoms with Crippen LogP contribution in [-0.2, 0) is 4.79 Å². The third-order valence-electron chi connectivity index (χ3n) is 5.78. The van der Waals surface area contributed by atoms with Crippen LogP contribution in [0, 0.1) is 10.1 Å². The molecule has 0 aromatic rings. The van der Waals surface area contributed by atoms with Crippen LogP contribution in [0.15, 0.2) is 0 Å². The van der Waals surface area contributed by atoms with Gasteiger partial charge in [-0.15, -0.1) is 0 Å². The minimum absolute atomic E-state index is 0.398. The van der Waals surface area contributed by atoms with Gasteiger partial charge in [0.15, 0.2) is 6.29 Å². The molecular weight excluding hydrogens is 350 g/mol. The molecule has 0 spiro atoms. The van der Waals surface area contributed by atoms with E-state index >= 15 is 0 Å². The van der Waals surface area contributed by atoms with Crippen LogP contribution in [0.25, 0.3) is 0 Å². The van der Waals surface area contributed by atoms with Crippen LogP contribution in [0.1, 0.15) is 142 Å². The van der Waals surface area contributed by atoms with E-state index in [1.165, 1.54) is 109 Å². The van der Waals surface area contributed by atoms with Gasteiger partial charge in [-0.2, -0.15) is 0 Å². The summed E-state index contributed by atoms with van der Waals surface area (Å²) in [6, 6.07) is -0.990. The molecule has 0 aromatic carbocycles. The Kier molecular flexibility index (Phi) is 21.6. The van der Waals surface area contributed by atoms with Gasteiger partial charge in [-0.3, -0.25) is 14.9 Å². The Labute approximate surface area is 174 Å². The minimum Gasteiger partial charge on any atom is -0.296 e. The minimum atomic E-state index is -0.990. The van der Waals surface area contributed by atoms with Crippen molar-refractivity contribution in [3.8, 4) is 0 Å². The molecule has 0 aliphatic rings. The molecule has 1 unspecified atom stereocenters. The predicted octanol–water partition coefficient (Wildman–Crippen LogP) is 8.04. The Hall–Kier alpha value is -0.930. The maximum atomic E-state index is 10.5. The number of nitro groups is 1. The molecule has 4 nitrogen and oxygen atoms in total. The highest BCUT2D eigenvalue weighted by molar-refractivity contribution is 5.55. The molecule has 0 amide bonds. The summed E-state index contributed by atoms with van der Waals surface area (Å²) in [4.78, 5) is 20.6. The second-order valence-corrected chi connectivity index (χ2v) is 8.49. The first kappa shape index (κ1) is 27.1. The fraction of sp³-hybridized carbons (Fsp3) is 0.958. The van der Waals surface area contributed by atoms with Gasteiger partial charge in [-0.25, -0.2) is 0 Å². The SMILES string of the molecule is CCCCCCCCCCCCCCCCCCCCCCC(C=O)[N+](=O)[O-]. The molecule has 0 N–H and O–H groups in total. The van der Waals surface area contributed by atoms with Gasteiger partial charge in [0.05, 0.1) is 0 Å². The molecule has 0 aliphatic heterocycles. The molecule has 0 saturated heterocycles. The lowest BCUT2D eigenvalue weighted by atomic mass is 10.0. The highest BCUT2D eigenvalue weighted by Crippen LogP contribution is 2.15. The zero-order chi connectivity index (χ0) is 20.7. The second kappa shape index (κ2) is 22.4. The zero-order valence-corrected chi connectivity index (χ0v) is 18.7. The number of unbranched alkanes of at least 4 members (excludes halogenated alkanes) is 19. The standard InChI is InChI=1S/C24H47NO3/c1-2-3-4-5-6-7-8-9-10-11-12-13-14-15-16-17-18-19-20-21-22-24(23-26)25(27)28/h23-24H,2-22H2,1H3. The molecular formula is C24H47NO3.